The van der Waals surface area contributed by atoms with Gasteiger partial charge < -0.3 is 0 Å². The molecule has 0 spiro atoms. The Morgan fingerprint density at radius 3 is 2.44 bits per heavy atom. The Labute approximate surface area is 55.6 Å². The minimum atomic E-state index is 0.0110. The van der Waals surface area contributed by atoms with Crippen molar-refractivity contribution in [1.29, 1.82) is 0 Å². The van der Waals surface area contributed by atoms with Gasteiger partial charge in [-0.1, -0.05) is 6.92 Å². The summed E-state index contributed by atoms with van der Waals surface area (Å²) in [6, 6.07) is 0. The maximum Gasteiger partial charge on any atom is 0.245 e. The lowest BCUT2D eigenvalue weighted by Gasteiger charge is -2.13. The molecule has 0 unspecified atom stereocenters. The third kappa shape index (κ3) is 3.08. The number of rotatable bonds is 3. The summed E-state index contributed by atoms with van der Waals surface area (Å²) in [6.45, 7) is 4.19. The number of carbonyl (C=O) groups excluding carboxylic acids is 1. The van der Waals surface area contributed by atoms with Gasteiger partial charge in [0.05, 0.1) is 6.61 Å². The van der Waals surface area contributed by atoms with E-state index in [2.05, 4.69) is 0 Å². The second-order valence-corrected chi connectivity index (χ2v) is 1.66. The summed E-state index contributed by atoms with van der Waals surface area (Å²) in [6.07, 6.45) is 0.497. The molecular formula is C6H13NO2. The number of hydrogen-bond acceptors (Lipinski definition) is 2. The van der Waals surface area contributed by atoms with E-state index in [4.69, 9.17) is 4.84 Å². The predicted molar refractivity (Wildman–Crippen MR) is 34.7 cm³/mol. The Bertz CT molecular complexity index is 93.1. The molecule has 0 radical (unpaired) electrons. The topological polar surface area (TPSA) is 29.5 Å². The Balaban J connectivity index is 3.45. The molecule has 0 atom stereocenters. The smallest absolute Gasteiger partial charge is 0.245 e. The minimum absolute atomic E-state index is 0.0110. The van der Waals surface area contributed by atoms with Crippen LogP contribution in [0, 0.1) is 0 Å². The van der Waals surface area contributed by atoms with Crippen molar-refractivity contribution in [1.82, 2.24) is 5.06 Å². The molecule has 3 heteroatoms. The quantitative estimate of drug-likeness (QED) is 0.530. The first-order valence-corrected chi connectivity index (χ1v) is 3.11. The molecule has 54 valence electrons. The van der Waals surface area contributed by atoms with Gasteiger partial charge >= 0.3 is 0 Å². The molecule has 0 saturated heterocycles. The lowest BCUT2D eigenvalue weighted by Crippen LogP contribution is -2.25. The molecule has 1 amide bonds. The van der Waals surface area contributed by atoms with Gasteiger partial charge in [0.15, 0.2) is 0 Å². The number of hydrogen-bond donors (Lipinski definition) is 0. The fourth-order valence-electron chi connectivity index (χ4n) is 0.488. The lowest BCUT2D eigenvalue weighted by atomic mass is 10.5. The standard InChI is InChI=1S/C6H13NO2/c1-4-6(8)7(3)9-5-2/h4-5H2,1-3H3. The lowest BCUT2D eigenvalue weighted by molar-refractivity contribution is -0.176. The maximum atomic E-state index is 10.7. The van der Waals surface area contributed by atoms with Crippen molar-refractivity contribution in [2.75, 3.05) is 13.7 Å². The summed E-state index contributed by atoms with van der Waals surface area (Å²) < 4.78 is 0. The number of amides is 1. The van der Waals surface area contributed by atoms with Crippen LogP contribution >= 0.6 is 0 Å². The van der Waals surface area contributed by atoms with Crippen molar-refractivity contribution < 1.29 is 9.63 Å². The summed E-state index contributed by atoms with van der Waals surface area (Å²) in [5, 5.41) is 1.26. The van der Waals surface area contributed by atoms with Gasteiger partial charge in [-0.15, -0.1) is 0 Å². The average Bonchev–Trinajstić information content (AvgIpc) is 1.87. The van der Waals surface area contributed by atoms with Gasteiger partial charge in [-0.25, -0.2) is 5.06 Å². The van der Waals surface area contributed by atoms with Crippen LogP contribution in [0.2, 0.25) is 0 Å². The first-order valence-electron chi connectivity index (χ1n) is 3.11. The van der Waals surface area contributed by atoms with E-state index in [0.29, 0.717) is 13.0 Å². The summed E-state index contributed by atoms with van der Waals surface area (Å²) in [7, 11) is 1.62. The van der Waals surface area contributed by atoms with Gasteiger partial charge in [0.1, 0.15) is 0 Å². The Morgan fingerprint density at radius 2 is 2.11 bits per heavy atom. The molecule has 0 N–H and O–H groups in total. The van der Waals surface area contributed by atoms with Gasteiger partial charge in [-0.05, 0) is 6.92 Å². The average molecular weight is 131 g/mol. The van der Waals surface area contributed by atoms with Crippen LogP contribution < -0.4 is 0 Å². The van der Waals surface area contributed by atoms with Crippen molar-refractivity contribution in [3.63, 3.8) is 0 Å². The van der Waals surface area contributed by atoms with Gasteiger partial charge in [0, 0.05) is 13.5 Å². The predicted octanol–water partition coefficient (Wildman–Crippen LogP) is 0.806. The molecule has 0 saturated carbocycles. The zero-order valence-corrected chi connectivity index (χ0v) is 6.18. The van der Waals surface area contributed by atoms with E-state index in [0.717, 1.165) is 0 Å². The SMILES string of the molecule is CCON(C)C(=O)CC. The molecule has 0 aromatic carbocycles. The van der Waals surface area contributed by atoms with Crippen LogP contribution in [0.1, 0.15) is 20.3 Å². The maximum absolute atomic E-state index is 10.7. The van der Waals surface area contributed by atoms with Gasteiger partial charge in [-0.3, -0.25) is 9.63 Å². The number of carbonyl (C=O) groups is 1. The summed E-state index contributed by atoms with van der Waals surface area (Å²) in [5.41, 5.74) is 0. The van der Waals surface area contributed by atoms with Crippen LogP contribution in [0.3, 0.4) is 0 Å². The van der Waals surface area contributed by atoms with Gasteiger partial charge in [-0.2, -0.15) is 0 Å². The number of nitrogens with zero attached hydrogens (tertiary/aromatic N) is 1. The van der Waals surface area contributed by atoms with E-state index in [-0.39, 0.29) is 5.91 Å². The normalized spacial score (nSPS) is 9.22. The van der Waals surface area contributed by atoms with E-state index in [1.165, 1.54) is 5.06 Å². The minimum Gasteiger partial charge on any atom is -0.273 e. The molecule has 9 heavy (non-hydrogen) atoms. The molecule has 3 nitrogen and oxygen atoms in total. The van der Waals surface area contributed by atoms with Crippen LogP contribution in [-0.2, 0) is 9.63 Å². The van der Waals surface area contributed by atoms with Crippen LogP contribution in [0.4, 0.5) is 0 Å². The highest BCUT2D eigenvalue weighted by molar-refractivity contribution is 5.74. The fourth-order valence-corrected chi connectivity index (χ4v) is 0.488. The second-order valence-electron chi connectivity index (χ2n) is 1.66. The zero-order valence-electron chi connectivity index (χ0n) is 6.18. The monoisotopic (exact) mass is 131 g/mol. The molecule has 0 aliphatic heterocycles. The highest BCUT2D eigenvalue weighted by Crippen LogP contribution is 1.89. The largest absolute Gasteiger partial charge is 0.273 e. The number of hydroxylamine groups is 2. The van der Waals surface area contributed by atoms with Crippen LogP contribution in [0.25, 0.3) is 0 Å². The van der Waals surface area contributed by atoms with Crippen LogP contribution in [-0.4, -0.2) is 24.6 Å². The first-order chi connectivity index (χ1) is 4.22. The molecule has 0 aromatic rings. The van der Waals surface area contributed by atoms with E-state index < -0.39 is 0 Å². The third-order valence-electron chi connectivity index (χ3n) is 0.976. The molecule has 0 aliphatic carbocycles. The third-order valence-corrected chi connectivity index (χ3v) is 0.976. The summed E-state index contributed by atoms with van der Waals surface area (Å²) in [5.74, 6) is 0.0110. The van der Waals surface area contributed by atoms with Gasteiger partial charge in [0.25, 0.3) is 0 Å². The molecule has 0 bridgehead atoms. The zero-order chi connectivity index (χ0) is 7.28. The Hall–Kier alpha value is -0.570. The van der Waals surface area contributed by atoms with E-state index in [1.807, 2.05) is 6.92 Å². The molecule has 0 fully saturated rings. The Morgan fingerprint density at radius 1 is 1.56 bits per heavy atom. The molecular weight excluding hydrogens is 118 g/mol. The molecule has 0 aliphatic rings. The molecule has 0 aromatic heterocycles. The summed E-state index contributed by atoms with van der Waals surface area (Å²) >= 11 is 0. The highest BCUT2D eigenvalue weighted by atomic mass is 16.7. The summed E-state index contributed by atoms with van der Waals surface area (Å²) in [4.78, 5) is 15.6. The van der Waals surface area contributed by atoms with Crippen molar-refractivity contribution in [3.8, 4) is 0 Å². The van der Waals surface area contributed by atoms with Crippen molar-refractivity contribution in [3.05, 3.63) is 0 Å². The molecule has 0 heterocycles. The Kier molecular flexibility index (Phi) is 4.05. The van der Waals surface area contributed by atoms with Crippen molar-refractivity contribution in [2.24, 2.45) is 0 Å². The van der Waals surface area contributed by atoms with Crippen molar-refractivity contribution >= 4 is 5.91 Å². The highest BCUT2D eigenvalue weighted by Gasteiger charge is 2.02. The van der Waals surface area contributed by atoms with E-state index >= 15 is 0 Å². The van der Waals surface area contributed by atoms with Crippen molar-refractivity contribution in [2.45, 2.75) is 20.3 Å². The molecule has 0 rings (SSSR count). The van der Waals surface area contributed by atoms with Crippen LogP contribution in [0.15, 0.2) is 0 Å². The van der Waals surface area contributed by atoms with E-state index in [9.17, 15) is 4.79 Å². The van der Waals surface area contributed by atoms with Crippen LogP contribution in [0.5, 0.6) is 0 Å². The second kappa shape index (κ2) is 4.32. The first kappa shape index (κ1) is 8.43. The van der Waals surface area contributed by atoms with Gasteiger partial charge in [0.2, 0.25) is 5.91 Å². The fraction of sp³-hybridized carbons (Fsp3) is 0.833. The van der Waals surface area contributed by atoms with E-state index in [1.54, 1.807) is 14.0 Å².